The van der Waals surface area contributed by atoms with E-state index in [1.54, 1.807) is 6.21 Å². The molecule has 0 aromatic heterocycles. The quantitative estimate of drug-likeness (QED) is 0.187. The van der Waals surface area contributed by atoms with Gasteiger partial charge in [-0.05, 0) is 74.5 Å². The lowest BCUT2D eigenvalue weighted by atomic mass is 9.97. The maximum Gasteiger partial charge on any atom is 0.277 e. The van der Waals surface area contributed by atoms with Crippen LogP contribution in [0.3, 0.4) is 0 Å². The summed E-state index contributed by atoms with van der Waals surface area (Å²) in [6.45, 7) is -0.0891. The SMILES string of the molecule is O=C(COc1ccc(I)cc1)N/N=C\c1c2ccccc2cc2ccccc12. The van der Waals surface area contributed by atoms with Gasteiger partial charge >= 0.3 is 0 Å². The second-order valence-electron chi connectivity index (χ2n) is 6.27. The van der Waals surface area contributed by atoms with Crippen LogP contribution >= 0.6 is 22.6 Å². The first kappa shape index (κ1) is 18.4. The summed E-state index contributed by atoms with van der Waals surface area (Å²) < 4.78 is 6.59. The molecular formula is C23H17IN2O2. The standard InChI is InChI=1S/C23H17IN2O2/c24-18-9-11-19(12-10-18)28-15-23(27)26-25-14-22-20-7-3-1-5-16(20)13-17-6-2-4-8-21(17)22/h1-14H,15H2,(H,26,27)/b25-14-. The fourth-order valence-corrected chi connectivity index (χ4v) is 3.43. The van der Waals surface area contributed by atoms with Crippen molar-refractivity contribution in [2.45, 2.75) is 0 Å². The third-order valence-corrected chi connectivity index (χ3v) is 5.10. The molecule has 4 rings (SSSR count). The van der Waals surface area contributed by atoms with Gasteiger partial charge in [-0.1, -0.05) is 48.5 Å². The molecule has 5 heteroatoms. The van der Waals surface area contributed by atoms with Crippen LogP contribution < -0.4 is 10.2 Å². The summed E-state index contributed by atoms with van der Waals surface area (Å²) in [4.78, 5) is 12.0. The van der Waals surface area contributed by atoms with Gasteiger partial charge < -0.3 is 4.74 Å². The molecule has 28 heavy (non-hydrogen) atoms. The maximum atomic E-state index is 12.0. The Bertz CT molecular complexity index is 1120. The molecule has 4 aromatic rings. The Morgan fingerprint density at radius 2 is 1.54 bits per heavy atom. The van der Waals surface area contributed by atoms with Crippen LogP contribution in [-0.2, 0) is 4.79 Å². The number of rotatable bonds is 5. The number of carbonyl (C=O) groups is 1. The van der Waals surface area contributed by atoms with E-state index in [0.717, 1.165) is 30.7 Å². The fourth-order valence-electron chi connectivity index (χ4n) is 3.07. The van der Waals surface area contributed by atoms with Crippen LogP contribution in [0.5, 0.6) is 5.75 Å². The first-order valence-corrected chi connectivity index (χ1v) is 9.89. The molecule has 0 fully saturated rings. The van der Waals surface area contributed by atoms with Gasteiger partial charge in [0.15, 0.2) is 6.61 Å². The first-order chi connectivity index (χ1) is 13.7. The number of halogens is 1. The summed E-state index contributed by atoms with van der Waals surface area (Å²) in [5, 5.41) is 8.62. The van der Waals surface area contributed by atoms with Gasteiger partial charge in [-0.25, -0.2) is 5.43 Å². The minimum Gasteiger partial charge on any atom is -0.484 e. The van der Waals surface area contributed by atoms with E-state index in [9.17, 15) is 4.79 Å². The summed E-state index contributed by atoms with van der Waals surface area (Å²) in [6, 6.07) is 26.0. The van der Waals surface area contributed by atoms with Gasteiger partial charge in [0.1, 0.15) is 5.75 Å². The van der Waals surface area contributed by atoms with Gasteiger partial charge in [-0.2, -0.15) is 5.10 Å². The summed E-state index contributed by atoms with van der Waals surface area (Å²) in [5.74, 6) is 0.346. The molecule has 0 saturated heterocycles. The van der Waals surface area contributed by atoms with Crippen molar-refractivity contribution in [1.82, 2.24) is 5.43 Å². The lowest BCUT2D eigenvalue weighted by Crippen LogP contribution is -2.24. The minimum absolute atomic E-state index is 0.0891. The number of carbonyl (C=O) groups excluding carboxylic acids is 1. The number of nitrogens with one attached hydrogen (secondary N) is 1. The minimum atomic E-state index is -0.306. The number of nitrogens with zero attached hydrogens (tertiary/aromatic N) is 1. The van der Waals surface area contributed by atoms with Gasteiger partial charge in [0.05, 0.1) is 6.21 Å². The molecule has 1 amide bonds. The molecule has 0 saturated carbocycles. The summed E-state index contributed by atoms with van der Waals surface area (Å²) in [7, 11) is 0. The smallest absolute Gasteiger partial charge is 0.277 e. The number of hydrazone groups is 1. The van der Waals surface area contributed by atoms with Crippen LogP contribution in [0.2, 0.25) is 0 Å². The Labute approximate surface area is 176 Å². The molecule has 1 N–H and O–H groups in total. The molecule has 0 aliphatic rings. The van der Waals surface area contributed by atoms with Crippen LogP contribution in [0.4, 0.5) is 0 Å². The highest BCUT2D eigenvalue weighted by atomic mass is 127. The molecule has 0 radical (unpaired) electrons. The van der Waals surface area contributed by atoms with Gasteiger partial charge in [-0.3, -0.25) is 4.79 Å². The van der Waals surface area contributed by atoms with Crippen LogP contribution in [0.1, 0.15) is 5.56 Å². The van der Waals surface area contributed by atoms with E-state index < -0.39 is 0 Å². The van der Waals surface area contributed by atoms with Crippen molar-refractivity contribution in [3.63, 3.8) is 0 Å². The van der Waals surface area contributed by atoms with Crippen molar-refractivity contribution in [2.24, 2.45) is 5.10 Å². The highest BCUT2D eigenvalue weighted by Crippen LogP contribution is 2.27. The number of amides is 1. The van der Waals surface area contributed by atoms with Gasteiger partial charge in [0.25, 0.3) is 5.91 Å². The molecule has 0 spiro atoms. The van der Waals surface area contributed by atoms with Gasteiger partial charge in [0, 0.05) is 9.13 Å². The van der Waals surface area contributed by atoms with Crippen LogP contribution in [-0.4, -0.2) is 18.7 Å². The molecule has 0 aliphatic carbocycles. The number of benzene rings is 4. The molecule has 4 nitrogen and oxygen atoms in total. The number of fused-ring (bicyclic) bond motifs is 2. The predicted octanol–water partition coefficient (Wildman–Crippen LogP) is 5.13. The normalized spacial score (nSPS) is 11.2. The Hall–Kier alpha value is -2.93. The summed E-state index contributed by atoms with van der Waals surface area (Å²) in [6.07, 6.45) is 1.70. The average Bonchev–Trinajstić information content (AvgIpc) is 2.73. The molecule has 0 atom stereocenters. The van der Waals surface area contributed by atoms with Crippen LogP contribution in [0.25, 0.3) is 21.5 Å². The van der Waals surface area contributed by atoms with Crippen molar-refractivity contribution < 1.29 is 9.53 Å². The average molecular weight is 480 g/mol. The second-order valence-corrected chi connectivity index (χ2v) is 7.51. The summed E-state index contributed by atoms with van der Waals surface area (Å²) in [5.41, 5.74) is 3.53. The number of hydrogen-bond acceptors (Lipinski definition) is 3. The van der Waals surface area contributed by atoms with Crippen molar-refractivity contribution in [1.29, 1.82) is 0 Å². The van der Waals surface area contributed by atoms with E-state index in [1.165, 1.54) is 0 Å². The second kappa shape index (κ2) is 8.39. The topological polar surface area (TPSA) is 50.7 Å². The van der Waals surface area contributed by atoms with Gasteiger partial charge in [-0.15, -0.1) is 0 Å². The fraction of sp³-hybridized carbons (Fsp3) is 0.0435. The third-order valence-electron chi connectivity index (χ3n) is 4.38. The van der Waals surface area contributed by atoms with E-state index in [1.807, 2.05) is 48.5 Å². The van der Waals surface area contributed by atoms with Crippen molar-refractivity contribution in [2.75, 3.05) is 6.61 Å². The van der Waals surface area contributed by atoms with E-state index in [2.05, 4.69) is 63.4 Å². The lowest BCUT2D eigenvalue weighted by molar-refractivity contribution is -0.123. The number of hydrogen-bond donors (Lipinski definition) is 1. The molecule has 0 heterocycles. The highest BCUT2D eigenvalue weighted by molar-refractivity contribution is 14.1. The van der Waals surface area contributed by atoms with Crippen molar-refractivity contribution in [3.8, 4) is 5.75 Å². The van der Waals surface area contributed by atoms with E-state index in [4.69, 9.17) is 4.74 Å². The molecule has 4 aromatic carbocycles. The van der Waals surface area contributed by atoms with Crippen molar-refractivity contribution in [3.05, 3.63) is 88.0 Å². The third kappa shape index (κ3) is 4.14. The zero-order chi connectivity index (χ0) is 19.3. The van der Waals surface area contributed by atoms with Crippen molar-refractivity contribution >= 4 is 56.3 Å². The van der Waals surface area contributed by atoms with E-state index in [0.29, 0.717) is 5.75 Å². The molecule has 0 aliphatic heterocycles. The molecule has 0 bridgehead atoms. The predicted molar refractivity (Wildman–Crippen MR) is 122 cm³/mol. The zero-order valence-corrected chi connectivity index (χ0v) is 17.1. The Morgan fingerprint density at radius 1 is 0.929 bits per heavy atom. The zero-order valence-electron chi connectivity index (χ0n) is 14.9. The Kier molecular flexibility index (Phi) is 5.53. The molecule has 0 unspecified atom stereocenters. The van der Waals surface area contributed by atoms with E-state index >= 15 is 0 Å². The van der Waals surface area contributed by atoms with E-state index in [-0.39, 0.29) is 12.5 Å². The largest absolute Gasteiger partial charge is 0.484 e. The first-order valence-electron chi connectivity index (χ1n) is 8.81. The Morgan fingerprint density at radius 3 is 2.18 bits per heavy atom. The van der Waals surface area contributed by atoms with Gasteiger partial charge in [0.2, 0.25) is 0 Å². The summed E-state index contributed by atoms with van der Waals surface area (Å²) >= 11 is 2.22. The molecular weight excluding hydrogens is 463 g/mol. The monoisotopic (exact) mass is 480 g/mol. The lowest BCUT2D eigenvalue weighted by Gasteiger charge is -2.08. The maximum absolute atomic E-state index is 12.0. The Balaban J connectivity index is 1.51. The highest BCUT2D eigenvalue weighted by Gasteiger charge is 2.06. The van der Waals surface area contributed by atoms with Crippen LogP contribution in [0.15, 0.2) is 84.0 Å². The van der Waals surface area contributed by atoms with Crippen LogP contribution in [0, 0.1) is 3.57 Å². The number of ether oxygens (including phenoxy) is 1. The molecule has 138 valence electrons.